The highest BCUT2D eigenvalue weighted by Crippen LogP contribution is 2.29. The van der Waals surface area contributed by atoms with Gasteiger partial charge in [0.1, 0.15) is 6.29 Å². The van der Waals surface area contributed by atoms with E-state index < -0.39 is 15.3 Å². The lowest BCUT2D eigenvalue weighted by molar-refractivity contribution is -0.126. The van der Waals surface area contributed by atoms with Crippen LogP contribution in [0.3, 0.4) is 0 Å². The SMILES string of the molecule is CC1CS(=O)(=O)CCN1CC1(C=O)CCCOC1. The minimum atomic E-state index is -2.89. The van der Waals surface area contributed by atoms with E-state index in [1.807, 2.05) is 6.92 Å². The van der Waals surface area contributed by atoms with Gasteiger partial charge in [0.25, 0.3) is 0 Å². The van der Waals surface area contributed by atoms with Crippen LogP contribution in [0.25, 0.3) is 0 Å². The van der Waals surface area contributed by atoms with E-state index in [-0.39, 0.29) is 17.5 Å². The van der Waals surface area contributed by atoms with Crippen molar-refractivity contribution in [1.29, 1.82) is 0 Å². The van der Waals surface area contributed by atoms with Crippen molar-refractivity contribution >= 4 is 16.1 Å². The summed E-state index contributed by atoms with van der Waals surface area (Å²) in [7, 11) is -2.89. The third-order valence-corrected chi connectivity index (χ3v) is 5.72. The van der Waals surface area contributed by atoms with Crippen molar-refractivity contribution in [3.05, 3.63) is 0 Å². The number of sulfone groups is 1. The molecule has 2 atom stereocenters. The zero-order chi connectivity index (χ0) is 13.2. The Labute approximate surface area is 108 Å². The quantitative estimate of drug-likeness (QED) is 0.684. The van der Waals surface area contributed by atoms with Gasteiger partial charge in [0.15, 0.2) is 9.84 Å². The third-order valence-electron chi connectivity index (χ3n) is 3.93. The summed E-state index contributed by atoms with van der Waals surface area (Å²) in [5, 5.41) is 0. The monoisotopic (exact) mass is 275 g/mol. The van der Waals surface area contributed by atoms with Crippen LogP contribution in [-0.2, 0) is 19.4 Å². The fourth-order valence-corrected chi connectivity index (χ4v) is 4.43. The molecule has 0 N–H and O–H groups in total. The fraction of sp³-hybridized carbons (Fsp3) is 0.917. The molecule has 0 aliphatic carbocycles. The van der Waals surface area contributed by atoms with E-state index >= 15 is 0 Å². The third kappa shape index (κ3) is 3.10. The molecular formula is C12H21NO4S. The van der Waals surface area contributed by atoms with E-state index in [1.165, 1.54) is 0 Å². The van der Waals surface area contributed by atoms with Crippen LogP contribution in [0, 0.1) is 5.41 Å². The molecular weight excluding hydrogens is 254 g/mol. The Bertz CT molecular complexity index is 400. The topological polar surface area (TPSA) is 63.7 Å². The maximum absolute atomic E-state index is 11.5. The smallest absolute Gasteiger partial charge is 0.153 e. The molecule has 0 aromatic heterocycles. The summed E-state index contributed by atoms with van der Waals surface area (Å²) in [4.78, 5) is 13.5. The molecule has 0 aromatic rings. The summed E-state index contributed by atoms with van der Waals surface area (Å²) in [5.74, 6) is 0.399. The number of hydrogen-bond acceptors (Lipinski definition) is 5. The number of hydrogen-bond donors (Lipinski definition) is 0. The molecule has 18 heavy (non-hydrogen) atoms. The van der Waals surface area contributed by atoms with Gasteiger partial charge in [0.2, 0.25) is 0 Å². The zero-order valence-corrected chi connectivity index (χ0v) is 11.6. The number of rotatable bonds is 3. The average molecular weight is 275 g/mol. The van der Waals surface area contributed by atoms with Crippen molar-refractivity contribution < 1.29 is 17.9 Å². The zero-order valence-electron chi connectivity index (χ0n) is 10.8. The predicted octanol–water partition coefficient (Wildman–Crippen LogP) is 0.101. The largest absolute Gasteiger partial charge is 0.380 e. The maximum atomic E-state index is 11.5. The van der Waals surface area contributed by atoms with Crippen LogP contribution in [-0.4, -0.2) is 63.5 Å². The molecule has 5 nitrogen and oxygen atoms in total. The Kier molecular flexibility index (Phi) is 4.08. The van der Waals surface area contributed by atoms with Gasteiger partial charge in [0.05, 0.1) is 23.5 Å². The van der Waals surface area contributed by atoms with Crippen LogP contribution in [0.1, 0.15) is 19.8 Å². The molecule has 0 bridgehead atoms. The molecule has 2 saturated heterocycles. The summed E-state index contributed by atoms with van der Waals surface area (Å²) >= 11 is 0. The highest BCUT2D eigenvalue weighted by Gasteiger charge is 2.38. The Hall–Kier alpha value is -0.460. The number of carbonyl (C=O) groups is 1. The normalized spacial score (nSPS) is 37.3. The van der Waals surface area contributed by atoms with E-state index in [0.717, 1.165) is 25.7 Å². The van der Waals surface area contributed by atoms with Gasteiger partial charge < -0.3 is 9.53 Å². The summed E-state index contributed by atoms with van der Waals surface area (Å²) in [6, 6.07) is -0.0116. The predicted molar refractivity (Wildman–Crippen MR) is 68.2 cm³/mol. The maximum Gasteiger partial charge on any atom is 0.153 e. The molecule has 2 unspecified atom stereocenters. The van der Waals surface area contributed by atoms with Gasteiger partial charge in [-0.3, -0.25) is 4.90 Å². The summed E-state index contributed by atoms with van der Waals surface area (Å²) in [6.07, 6.45) is 2.74. The lowest BCUT2D eigenvalue weighted by Gasteiger charge is -2.41. The second-order valence-electron chi connectivity index (χ2n) is 5.57. The lowest BCUT2D eigenvalue weighted by atomic mass is 9.83. The van der Waals surface area contributed by atoms with Crippen LogP contribution in [0.2, 0.25) is 0 Å². The molecule has 0 radical (unpaired) electrons. The van der Waals surface area contributed by atoms with E-state index in [0.29, 0.717) is 19.7 Å². The van der Waals surface area contributed by atoms with Crippen molar-refractivity contribution in [3.63, 3.8) is 0 Å². The van der Waals surface area contributed by atoms with Gasteiger partial charge in [-0.05, 0) is 19.8 Å². The van der Waals surface area contributed by atoms with Crippen molar-refractivity contribution in [1.82, 2.24) is 4.90 Å². The van der Waals surface area contributed by atoms with E-state index in [4.69, 9.17) is 4.74 Å². The molecule has 0 spiro atoms. The molecule has 2 heterocycles. The molecule has 0 saturated carbocycles. The summed E-state index contributed by atoms with van der Waals surface area (Å²) < 4.78 is 28.5. The molecule has 104 valence electrons. The first-order valence-electron chi connectivity index (χ1n) is 6.45. The van der Waals surface area contributed by atoms with Crippen molar-refractivity contribution in [2.45, 2.75) is 25.8 Å². The first-order valence-corrected chi connectivity index (χ1v) is 8.27. The number of ether oxygens (including phenoxy) is 1. The minimum absolute atomic E-state index is 0.0116. The van der Waals surface area contributed by atoms with Crippen LogP contribution >= 0.6 is 0 Å². The van der Waals surface area contributed by atoms with E-state index in [1.54, 1.807) is 0 Å². The molecule has 2 rings (SSSR count). The Morgan fingerprint density at radius 3 is 2.83 bits per heavy atom. The Morgan fingerprint density at radius 1 is 1.50 bits per heavy atom. The lowest BCUT2D eigenvalue weighted by Crippen LogP contribution is -2.53. The molecule has 6 heteroatoms. The summed E-state index contributed by atoms with van der Waals surface area (Å²) in [5.41, 5.74) is -0.437. The van der Waals surface area contributed by atoms with Gasteiger partial charge in [0, 0.05) is 25.7 Å². The van der Waals surface area contributed by atoms with Crippen LogP contribution < -0.4 is 0 Å². The van der Waals surface area contributed by atoms with E-state index in [9.17, 15) is 13.2 Å². The number of nitrogens with zero attached hydrogens (tertiary/aromatic N) is 1. The second-order valence-corrected chi connectivity index (χ2v) is 7.80. The number of carbonyl (C=O) groups excluding carboxylic acids is 1. The highest BCUT2D eigenvalue weighted by atomic mass is 32.2. The van der Waals surface area contributed by atoms with Crippen molar-refractivity contribution in [3.8, 4) is 0 Å². The summed E-state index contributed by atoms with van der Waals surface area (Å²) in [6.45, 7) is 4.25. The molecule has 2 aliphatic heterocycles. The second kappa shape index (κ2) is 5.27. The van der Waals surface area contributed by atoms with E-state index in [2.05, 4.69) is 4.90 Å². The highest BCUT2D eigenvalue weighted by molar-refractivity contribution is 7.91. The molecule has 2 fully saturated rings. The molecule has 0 amide bonds. The standard InChI is InChI=1S/C12H21NO4S/c1-11-7-18(15,16)6-4-13(11)8-12(9-14)3-2-5-17-10-12/h9,11H,2-8,10H2,1H3. The van der Waals surface area contributed by atoms with Gasteiger partial charge in [-0.15, -0.1) is 0 Å². The molecule has 2 aliphatic rings. The van der Waals surface area contributed by atoms with Crippen LogP contribution in [0.15, 0.2) is 0 Å². The fourth-order valence-electron chi connectivity index (χ4n) is 2.80. The van der Waals surface area contributed by atoms with Gasteiger partial charge >= 0.3 is 0 Å². The van der Waals surface area contributed by atoms with Crippen molar-refractivity contribution in [2.24, 2.45) is 5.41 Å². The first-order chi connectivity index (χ1) is 8.46. The van der Waals surface area contributed by atoms with Gasteiger partial charge in [-0.2, -0.15) is 0 Å². The first kappa shape index (κ1) is 14.0. The molecule has 0 aromatic carbocycles. The van der Waals surface area contributed by atoms with Gasteiger partial charge in [-0.1, -0.05) is 0 Å². The average Bonchev–Trinajstić information content (AvgIpc) is 2.34. The van der Waals surface area contributed by atoms with Crippen molar-refractivity contribution in [2.75, 3.05) is 37.8 Å². The Balaban J connectivity index is 2.02. The van der Waals surface area contributed by atoms with Crippen LogP contribution in [0.5, 0.6) is 0 Å². The van der Waals surface area contributed by atoms with Crippen LogP contribution in [0.4, 0.5) is 0 Å². The Morgan fingerprint density at radius 2 is 2.28 bits per heavy atom. The number of aldehydes is 1. The minimum Gasteiger partial charge on any atom is -0.380 e. The van der Waals surface area contributed by atoms with Gasteiger partial charge in [-0.25, -0.2) is 8.42 Å².